The van der Waals surface area contributed by atoms with E-state index >= 15 is 0 Å². The Morgan fingerprint density at radius 3 is 2.87 bits per heavy atom. The third-order valence-electron chi connectivity index (χ3n) is 3.57. The summed E-state index contributed by atoms with van der Waals surface area (Å²) in [6.07, 6.45) is 0.0702. The van der Waals surface area contributed by atoms with E-state index in [4.69, 9.17) is 10.5 Å². The van der Waals surface area contributed by atoms with Gasteiger partial charge in [0.15, 0.2) is 0 Å². The highest BCUT2D eigenvalue weighted by atomic mass is 19.1. The highest BCUT2D eigenvalue weighted by molar-refractivity contribution is 5.93. The lowest BCUT2D eigenvalue weighted by molar-refractivity contribution is 0.0993. The number of fused-ring (bicyclic) bond motifs is 1. The maximum absolute atomic E-state index is 13.9. The molecule has 0 spiro atoms. The van der Waals surface area contributed by atoms with Gasteiger partial charge in [0.05, 0.1) is 11.7 Å². The van der Waals surface area contributed by atoms with Gasteiger partial charge in [-0.3, -0.25) is 4.79 Å². The molecule has 0 radical (unpaired) electrons. The second-order valence-corrected chi connectivity index (χ2v) is 5.48. The Kier molecular flexibility index (Phi) is 3.85. The monoisotopic (exact) mass is 319 g/mol. The van der Waals surface area contributed by atoms with Crippen molar-refractivity contribution >= 4 is 11.6 Å². The van der Waals surface area contributed by atoms with E-state index in [1.165, 1.54) is 6.07 Å². The van der Waals surface area contributed by atoms with Crippen LogP contribution in [-0.4, -0.2) is 23.5 Å². The van der Waals surface area contributed by atoms with E-state index < -0.39 is 17.5 Å². The molecule has 5 nitrogen and oxygen atoms in total. The Bertz CT molecular complexity index is 780. The van der Waals surface area contributed by atoms with Crippen molar-refractivity contribution in [2.24, 2.45) is 5.73 Å². The molecular weight excluding hydrogens is 304 g/mol. The number of amides is 1. The minimum Gasteiger partial charge on any atom is -0.474 e. The summed E-state index contributed by atoms with van der Waals surface area (Å²) in [4.78, 5) is 15.8. The standard InChI is InChI=1S/C16H15F2N3O2/c1-8-7-23-16-13(20-8)5-10(14(21-16)15(19)22)4-9-2-3-11(17)6-12(9)18/h2-3,5-6,8,20H,4,7H2,1H3,(H2,19,22)/t8-/m0/s1. The summed E-state index contributed by atoms with van der Waals surface area (Å²) < 4.78 is 32.3. The molecular formula is C16H15F2N3O2. The summed E-state index contributed by atoms with van der Waals surface area (Å²) in [5.74, 6) is -1.78. The average Bonchev–Trinajstić information content (AvgIpc) is 2.49. The van der Waals surface area contributed by atoms with Crippen LogP contribution in [0.4, 0.5) is 14.5 Å². The maximum Gasteiger partial charge on any atom is 0.267 e. The number of hydrogen-bond donors (Lipinski definition) is 2. The van der Waals surface area contributed by atoms with Crippen molar-refractivity contribution in [3.63, 3.8) is 0 Å². The predicted molar refractivity (Wildman–Crippen MR) is 80.5 cm³/mol. The van der Waals surface area contributed by atoms with Gasteiger partial charge in [0.1, 0.15) is 23.9 Å². The van der Waals surface area contributed by atoms with E-state index in [-0.39, 0.29) is 23.7 Å². The molecule has 1 aliphatic rings. The van der Waals surface area contributed by atoms with Crippen LogP contribution >= 0.6 is 0 Å². The Morgan fingerprint density at radius 1 is 1.39 bits per heavy atom. The van der Waals surface area contributed by atoms with Crippen molar-refractivity contribution in [2.75, 3.05) is 11.9 Å². The molecule has 2 aromatic rings. The molecule has 1 aromatic carbocycles. The Morgan fingerprint density at radius 2 is 2.17 bits per heavy atom. The zero-order valence-electron chi connectivity index (χ0n) is 12.4. The van der Waals surface area contributed by atoms with Crippen molar-refractivity contribution in [3.05, 3.63) is 52.7 Å². The summed E-state index contributed by atoms with van der Waals surface area (Å²) in [5, 5.41) is 3.18. The predicted octanol–water partition coefficient (Wildman–Crippen LogP) is 2.24. The number of hydrogen-bond acceptors (Lipinski definition) is 4. The number of carbonyl (C=O) groups excluding carboxylic acids is 1. The topological polar surface area (TPSA) is 77.2 Å². The first-order valence-corrected chi connectivity index (χ1v) is 7.11. The van der Waals surface area contributed by atoms with E-state index in [2.05, 4.69) is 10.3 Å². The third kappa shape index (κ3) is 3.08. The van der Waals surface area contributed by atoms with E-state index in [1.807, 2.05) is 6.92 Å². The first-order chi connectivity index (χ1) is 10.9. The van der Waals surface area contributed by atoms with Gasteiger partial charge in [-0.15, -0.1) is 0 Å². The zero-order valence-corrected chi connectivity index (χ0v) is 12.4. The van der Waals surface area contributed by atoms with Crippen LogP contribution in [0.5, 0.6) is 5.88 Å². The van der Waals surface area contributed by atoms with Gasteiger partial charge in [-0.05, 0) is 30.2 Å². The molecule has 120 valence electrons. The van der Waals surface area contributed by atoms with Gasteiger partial charge in [-0.2, -0.15) is 0 Å². The Labute approximate surface area is 131 Å². The number of benzene rings is 1. The van der Waals surface area contributed by atoms with E-state index in [9.17, 15) is 13.6 Å². The van der Waals surface area contributed by atoms with Crippen molar-refractivity contribution in [1.29, 1.82) is 0 Å². The van der Waals surface area contributed by atoms with E-state index in [0.29, 0.717) is 23.7 Å². The number of aromatic nitrogens is 1. The quantitative estimate of drug-likeness (QED) is 0.909. The minimum atomic E-state index is -0.729. The van der Waals surface area contributed by atoms with E-state index in [0.717, 1.165) is 12.1 Å². The minimum absolute atomic E-state index is 0.0174. The Hall–Kier alpha value is -2.70. The molecule has 2 heterocycles. The third-order valence-corrected chi connectivity index (χ3v) is 3.57. The lowest BCUT2D eigenvalue weighted by Gasteiger charge is -2.25. The number of anilines is 1. The molecule has 0 aliphatic carbocycles. The van der Waals surface area contributed by atoms with Crippen molar-refractivity contribution < 1.29 is 18.3 Å². The fourth-order valence-corrected chi connectivity index (χ4v) is 2.48. The molecule has 0 saturated carbocycles. The number of nitrogens with one attached hydrogen (secondary N) is 1. The molecule has 0 bridgehead atoms. The van der Waals surface area contributed by atoms with Crippen LogP contribution < -0.4 is 15.8 Å². The van der Waals surface area contributed by atoms with Crippen molar-refractivity contribution in [1.82, 2.24) is 4.98 Å². The lowest BCUT2D eigenvalue weighted by atomic mass is 10.0. The molecule has 0 saturated heterocycles. The van der Waals surface area contributed by atoms with Crippen LogP contribution in [0.25, 0.3) is 0 Å². The summed E-state index contributed by atoms with van der Waals surface area (Å²) in [7, 11) is 0. The summed E-state index contributed by atoms with van der Waals surface area (Å²) in [6, 6.07) is 5.05. The largest absolute Gasteiger partial charge is 0.474 e. The fourth-order valence-electron chi connectivity index (χ4n) is 2.48. The SMILES string of the molecule is C[C@H]1COc2nc(C(N)=O)c(Cc3ccc(F)cc3F)cc2N1. The molecule has 0 unspecified atom stereocenters. The molecule has 1 aliphatic heterocycles. The highest BCUT2D eigenvalue weighted by Gasteiger charge is 2.22. The number of nitrogens with two attached hydrogens (primary N) is 1. The normalized spacial score (nSPS) is 16.2. The molecule has 1 aromatic heterocycles. The van der Waals surface area contributed by atoms with Crippen molar-refractivity contribution in [3.8, 4) is 5.88 Å². The number of halogens is 2. The molecule has 1 atom stereocenters. The maximum atomic E-state index is 13.9. The number of carbonyl (C=O) groups is 1. The second kappa shape index (κ2) is 5.83. The number of rotatable bonds is 3. The van der Waals surface area contributed by atoms with Gasteiger partial charge in [0.25, 0.3) is 5.91 Å². The zero-order chi connectivity index (χ0) is 16.6. The first-order valence-electron chi connectivity index (χ1n) is 7.11. The number of nitrogens with zero attached hydrogens (tertiary/aromatic N) is 1. The van der Waals surface area contributed by atoms with Crippen LogP contribution in [0.1, 0.15) is 28.5 Å². The lowest BCUT2D eigenvalue weighted by Crippen LogP contribution is -2.30. The van der Waals surface area contributed by atoms with Gasteiger partial charge in [-0.25, -0.2) is 13.8 Å². The van der Waals surface area contributed by atoms with Gasteiger partial charge < -0.3 is 15.8 Å². The molecule has 1 amide bonds. The van der Waals surface area contributed by atoms with E-state index in [1.54, 1.807) is 6.07 Å². The van der Waals surface area contributed by atoms with Crippen LogP contribution in [0, 0.1) is 11.6 Å². The van der Waals surface area contributed by atoms with Crippen LogP contribution in [0.15, 0.2) is 24.3 Å². The Balaban J connectivity index is 2.03. The summed E-state index contributed by atoms with van der Waals surface area (Å²) in [6.45, 7) is 2.36. The van der Waals surface area contributed by atoms with Crippen LogP contribution in [0.2, 0.25) is 0 Å². The fraction of sp³-hybridized carbons (Fsp3) is 0.250. The number of primary amides is 1. The highest BCUT2D eigenvalue weighted by Crippen LogP contribution is 2.30. The smallest absolute Gasteiger partial charge is 0.267 e. The molecule has 23 heavy (non-hydrogen) atoms. The second-order valence-electron chi connectivity index (χ2n) is 5.48. The molecule has 7 heteroatoms. The van der Waals surface area contributed by atoms with Crippen LogP contribution in [-0.2, 0) is 6.42 Å². The summed E-state index contributed by atoms with van der Waals surface area (Å²) >= 11 is 0. The first kappa shape index (κ1) is 15.2. The average molecular weight is 319 g/mol. The summed E-state index contributed by atoms with van der Waals surface area (Å²) in [5.41, 5.74) is 6.70. The molecule has 3 N–H and O–H groups in total. The number of pyridine rings is 1. The van der Waals surface area contributed by atoms with Gasteiger partial charge in [0, 0.05) is 12.5 Å². The number of ether oxygens (including phenoxy) is 1. The van der Waals surface area contributed by atoms with Crippen molar-refractivity contribution in [2.45, 2.75) is 19.4 Å². The van der Waals surface area contributed by atoms with Gasteiger partial charge in [-0.1, -0.05) is 6.07 Å². The molecule has 0 fully saturated rings. The van der Waals surface area contributed by atoms with Crippen LogP contribution in [0.3, 0.4) is 0 Å². The van der Waals surface area contributed by atoms with Gasteiger partial charge in [0.2, 0.25) is 5.88 Å². The van der Waals surface area contributed by atoms with Gasteiger partial charge >= 0.3 is 0 Å². The molecule has 3 rings (SSSR count).